The maximum absolute atomic E-state index is 12.0. The van der Waals surface area contributed by atoms with E-state index in [0.717, 1.165) is 12.5 Å². The number of esters is 1. The first kappa shape index (κ1) is 30.1. The summed E-state index contributed by atoms with van der Waals surface area (Å²) in [5.74, 6) is -1.51. The van der Waals surface area contributed by atoms with Crippen LogP contribution in [0.1, 0.15) is 16.8 Å². The van der Waals surface area contributed by atoms with Crippen LogP contribution >= 0.6 is 0 Å². The fraction of sp³-hybridized carbons (Fsp3) is 0.636. The van der Waals surface area contributed by atoms with Gasteiger partial charge in [-0.2, -0.15) is 0 Å². The molecule has 0 aromatic heterocycles. The van der Waals surface area contributed by atoms with Gasteiger partial charge >= 0.3 is 23.1 Å². The zero-order valence-electron chi connectivity index (χ0n) is 21.8. The minimum atomic E-state index is -2.45. The summed E-state index contributed by atoms with van der Waals surface area (Å²) in [6.45, 7) is 20.2. The van der Waals surface area contributed by atoms with E-state index in [-0.39, 0.29) is 13.2 Å². The molecule has 0 amide bonds. The molecule has 0 fully saturated rings. The van der Waals surface area contributed by atoms with E-state index in [1.807, 2.05) is 0 Å². The average molecular weight is 531 g/mol. The molecule has 11 heteroatoms. The largest absolute Gasteiger partial charge is 0.457 e. The van der Waals surface area contributed by atoms with Crippen LogP contribution in [0, 0.1) is 0 Å². The first-order chi connectivity index (χ1) is 15.0. The molecular weight excluding hydrogens is 489 g/mol. The summed E-state index contributed by atoms with van der Waals surface area (Å²) in [7, 11) is -8.28. The van der Waals surface area contributed by atoms with E-state index in [1.54, 1.807) is 30.3 Å². The van der Waals surface area contributed by atoms with Crippen molar-refractivity contribution in [2.75, 3.05) is 19.8 Å². The lowest BCUT2D eigenvalue weighted by Gasteiger charge is -2.41. The molecule has 33 heavy (non-hydrogen) atoms. The number of hydrogen-bond acceptors (Lipinski definition) is 7. The highest BCUT2D eigenvalue weighted by molar-refractivity contribution is 6.89. The highest BCUT2D eigenvalue weighted by atomic mass is 28.5. The Bertz CT molecular complexity index is 760. The molecule has 0 aliphatic rings. The predicted octanol–water partition coefficient (Wildman–Crippen LogP) is 5.31. The van der Waals surface area contributed by atoms with Gasteiger partial charge in [0.15, 0.2) is 16.6 Å². The molecule has 0 aliphatic carbocycles. The normalized spacial score (nSPS) is 14.6. The van der Waals surface area contributed by atoms with Gasteiger partial charge in [-0.15, -0.1) is 0 Å². The Hall–Kier alpha value is -0.932. The number of benzene rings is 1. The molecule has 0 radical (unpaired) electrons. The maximum atomic E-state index is 12.0. The predicted molar refractivity (Wildman–Crippen MR) is 141 cm³/mol. The molecule has 0 aliphatic heterocycles. The molecule has 0 bridgehead atoms. The van der Waals surface area contributed by atoms with Crippen molar-refractivity contribution in [2.24, 2.45) is 0 Å². The van der Waals surface area contributed by atoms with Crippen LogP contribution < -0.4 is 0 Å². The van der Waals surface area contributed by atoms with Crippen molar-refractivity contribution in [1.82, 2.24) is 0 Å². The molecule has 1 aromatic carbocycles. The maximum Gasteiger partial charge on any atom is 0.379 e. The molecule has 0 spiro atoms. The zero-order valence-corrected chi connectivity index (χ0v) is 25.8. The summed E-state index contributed by atoms with van der Waals surface area (Å²) >= 11 is 0. The van der Waals surface area contributed by atoms with E-state index in [1.165, 1.54) is 0 Å². The highest BCUT2D eigenvalue weighted by Gasteiger charge is 2.44. The first-order valence-electron chi connectivity index (χ1n) is 11.5. The van der Waals surface area contributed by atoms with Crippen LogP contribution in [0.15, 0.2) is 30.3 Å². The van der Waals surface area contributed by atoms with Crippen LogP contribution in [0.2, 0.25) is 65.0 Å². The summed E-state index contributed by atoms with van der Waals surface area (Å²) in [4.78, 5) is 23.9. The van der Waals surface area contributed by atoms with Gasteiger partial charge in [-0.25, -0.2) is 4.79 Å². The SMILES string of the molecule is C[Si](C)(C)O[Si](C)(C)O[Si](C)(CCCOCCOC(=O)C(=O)c1ccccc1)O[Si](C)(C)C. The minimum absolute atomic E-state index is 0.0397. The van der Waals surface area contributed by atoms with Crippen LogP contribution in [0.4, 0.5) is 0 Å². The zero-order chi connectivity index (χ0) is 25.3. The molecule has 7 nitrogen and oxygen atoms in total. The lowest BCUT2D eigenvalue weighted by atomic mass is 10.1. The van der Waals surface area contributed by atoms with Crippen LogP contribution in [-0.2, 0) is 26.6 Å². The number of carbonyl (C=O) groups is 2. The van der Waals surface area contributed by atoms with Gasteiger partial charge in [-0.1, -0.05) is 30.3 Å². The average Bonchev–Trinajstić information content (AvgIpc) is 2.63. The van der Waals surface area contributed by atoms with Gasteiger partial charge in [-0.3, -0.25) is 4.79 Å². The Labute approximate surface area is 203 Å². The fourth-order valence-electron chi connectivity index (χ4n) is 3.61. The van der Waals surface area contributed by atoms with Crippen LogP contribution in [0.5, 0.6) is 0 Å². The van der Waals surface area contributed by atoms with Crippen molar-refractivity contribution in [2.45, 2.75) is 71.4 Å². The second-order valence-corrected chi connectivity index (χ2v) is 27.1. The Morgan fingerprint density at radius 2 is 1.30 bits per heavy atom. The van der Waals surface area contributed by atoms with E-state index >= 15 is 0 Å². The van der Waals surface area contributed by atoms with E-state index in [2.05, 4.69) is 58.9 Å². The van der Waals surface area contributed by atoms with Gasteiger partial charge in [0.1, 0.15) is 6.61 Å². The Morgan fingerprint density at radius 3 is 1.85 bits per heavy atom. The summed E-state index contributed by atoms with van der Waals surface area (Å²) in [5.41, 5.74) is 0.319. The third-order valence-corrected chi connectivity index (χ3v) is 17.7. The van der Waals surface area contributed by atoms with Crippen LogP contribution in [0.25, 0.3) is 0 Å². The number of Topliss-reactive ketones (excluding diaryl/α,β-unsaturated/α-hetero) is 1. The van der Waals surface area contributed by atoms with Gasteiger partial charge in [0, 0.05) is 12.2 Å². The highest BCUT2D eigenvalue weighted by Crippen LogP contribution is 2.27. The Balaban J connectivity index is 2.46. The number of ether oxygens (including phenoxy) is 2. The second-order valence-electron chi connectivity index (χ2n) is 10.6. The Kier molecular flexibility index (Phi) is 11.6. The second kappa shape index (κ2) is 12.7. The number of carbonyl (C=O) groups excluding carboxylic acids is 2. The molecule has 1 rings (SSSR count). The molecular formula is C22H42O7Si4. The van der Waals surface area contributed by atoms with E-state index in [4.69, 9.17) is 21.8 Å². The van der Waals surface area contributed by atoms with E-state index in [9.17, 15) is 9.59 Å². The van der Waals surface area contributed by atoms with Crippen molar-refractivity contribution >= 4 is 45.5 Å². The molecule has 1 aromatic rings. The third kappa shape index (κ3) is 13.5. The van der Waals surface area contributed by atoms with Gasteiger partial charge < -0.3 is 21.8 Å². The molecule has 0 saturated carbocycles. The van der Waals surface area contributed by atoms with Gasteiger partial charge in [-0.05, 0) is 71.4 Å². The smallest absolute Gasteiger partial charge is 0.379 e. The number of rotatable bonds is 15. The minimum Gasteiger partial charge on any atom is -0.457 e. The number of ketones is 1. The monoisotopic (exact) mass is 530 g/mol. The molecule has 1 unspecified atom stereocenters. The fourth-order valence-corrected chi connectivity index (χ4v) is 21.5. The molecule has 0 N–H and O–H groups in total. The summed E-state index contributed by atoms with van der Waals surface area (Å²) in [6.07, 6.45) is 0.779. The van der Waals surface area contributed by atoms with Crippen molar-refractivity contribution in [3.05, 3.63) is 35.9 Å². The van der Waals surface area contributed by atoms with Crippen molar-refractivity contribution in [1.29, 1.82) is 0 Å². The van der Waals surface area contributed by atoms with Crippen molar-refractivity contribution in [3.63, 3.8) is 0 Å². The summed E-state index contributed by atoms with van der Waals surface area (Å²) in [6, 6.07) is 9.17. The Morgan fingerprint density at radius 1 is 0.727 bits per heavy atom. The first-order valence-corrected chi connectivity index (χ1v) is 23.6. The topological polar surface area (TPSA) is 80.3 Å². The van der Waals surface area contributed by atoms with E-state index < -0.39 is 45.5 Å². The quantitative estimate of drug-likeness (QED) is 0.0999. The van der Waals surface area contributed by atoms with Gasteiger partial charge in [0.2, 0.25) is 0 Å². The lowest BCUT2D eigenvalue weighted by molar-refractivity contribution is -0.139. The standard InChI is InChI=1S/C22H42O7Si4/c1-30(2,3)27-32(7,8)29-33(9,28-31(4,5)6)19-13-16-25-17-18-26-22(24)21(23)20-14-11-10-12-15-20/h10-12,14-15H,13,16-19H2,1-9H3. The van der Waals surface area contributed by atoms with Crippen LogP contribution in [0.3, 0.4) is 0 Å². The third-order valence-electron chi connectivity index (χ3n) is 4.14. The molecule has 1 atom stereocenters. The molecule has 188 valence electrons. The van der Waals surface area contributed by atoms with Gasteiger partial charge in [0.05, 0.1) is 6.61 Å². The van der Waals surface area contributed by atoms with Crippen molar-refractivity contribution < 1.29 is 31.4 Å². The van der Waals surface area contributed by atoms with Crippen LogP contribution in [-0.4, -0.2) is 65.3 Å². The molecule has 0 heterocycles. The van der Waals surface area contributed by atoms with E-state index in [0.29, 0.717) is 12.2 Å². The summed E-state index contributed by atoms with van der Waals surface area (Å²) < 4.78 is 30.3. The summed E-state index contributed by atoms with van der Waals surface area (Å²) in [5, 5.41) is 0. The lowest BCUT2D eigenvalue weighted by Crippen LogP contribution is -2.56. The molecule has 0 saturated heterocycles. The van der Waals surface area contributed by atoms with Crippen molar-refractivity contribution in [3.8, 4) is 0 Å². The van der Waals surface area contributed by atoms with Gasteiger partial charge in [0.25, 0.3) is 5.78 Å². The number of hydrogen-bond donors (Lipinski definition) is 0.